The zero-order valence-electron chi connectivity index (χ0n) is 18.0. The van der Waals surface area contributed by atoms with Gasteiger partial charge >= 0.3 is 21.6 Å². The second-order valence-corrected chi connectivity index (χ2v) is 9.30. The fourth-order valence-corrected chi connectivity index (χ4v) is 3.70. The molecule has 1 aromatic heterocycles. The van der Waals surface area contributed by atoms with Crippen molar-refractivity contribution in [1.82, 2.24) is 4.57 Å². The highest BCUT2D eigenvalue weighted by atomic mass is 32.2. The van der Waals surface area contributed by atoms with Crippen LogP contribution in [0.2, 0.25) is 0 Å². The van der Waals surface area contributed by atoms with Crippen molar-refractivity contribution in [2.45, 2.75) is 32.5 Å². The van der Waals surface area contributed by atoms with Crippen molar-refractivity contribution < 1.29 is 40.4 Å². The molecule has 182 valence electrons. The van der Waals surface area contributed by atoms with Crippen LogP contribution in [-0.2, 0) is 23.3 Å². The first-order valence-electron chi connectivity index (χ1n) is 9.93. The van der Waals surface area contributed by atoms with Gasteiger partial charge in [-0.1, -0.05) is 44.2 Å². The summed E-state index contributed by atoms with van der Waals surface area (Å²) in [4.78, 5) is 25.1. The van der Waals surface area contributed by atoms with Gasteiger partial charge in [-0.25, -0.2) is 4.79 Å². The number of rotatable bonds is 8. The predicted molar refractivity (Wildman–Crippen MR) is 116 cm³/mol. The summed E-state index contributed by atoms with van der Waals surface area (Å²) >= 11 is 0. The molecule has 1 N–H and O–H groups in total. The number of carboxylic acid groups (broad SMARTS) is 1. The summed E-state index contributed by atoms with van der Waals surface area (Å²) in [5.41, 5.74) is -6.85. The van der Waals surface area contributed by atoms with E-state index in [1.807, 2.05) is 6.07 Å². The number of alkyl halides is 3. The van der Waals surface area contributed by atoms with E-state index in [1.54, 1.807) is 38.1 Å². The Morgan fingerprint density at radius 3 is 2.29 bits per heavy atom. The van der Waals surface area contributed by atoms with Gasteiger partial charge in [0.1, 0.15) is 12.4 Å². The van der Waals surface area contributed by atoms with Crippen molar-refractivity contribution in [1.29, 1.82) is 0 Å². The SMILES string of the molecule is CC(C)Cn1c(C(=O)O)c(OS(=O)(=O)C(F)(F)F)c2ccc(OCc3ccccc3)cc2c1=O. The van der Waals surface area contributed by atoms with E-state index in [4.69, 9.17) is 4.74 Å². The van der Waals surface area contributed by atoms with E-state index in [9.17, 15) is 36.3 Å². The third-order valence-electron chi connectivity index (χ3n) is 4.67. The zero-order valence-corrected chi connectivity index (χ0v) is 18.8. The van der Waals surface area contributed by atoms with Crippen LogP contribution in [0.15, 0.2) is 53.3 Å². The van der Waals surface area contributed by atoms with Crippen molar-refractivity contribution in [3.05, 3.63) is 70.1 Å². The number of aromatic nitrogens is 1. The first kappa shape index (κ1) is 25.1. The van der Waals surface area contributed by atoms with Crippen molar-refractivity contribution in [3.8, 4) is 11.5 Å². The zero-order chi connectivity index (χ0) is 25.3. The van der Waals surface area contributed by atoms with Crippen LogP contribution in [0.1, 0.15) is 29.9 Å². The molecule has 12 heteroatoms. The molecule has 3 aromatic rings. The Bertz CT molecular complexity index is 1380. The fraction of sp³-hybridized carbons (Fsp3) is 0.273. The standard InChI is InChI=1S/C22H20F3NO7S/c1-13(2)11-26-18(21(28)29)19(33-34(30,31)22(23,24)25)16-9-8-15(10-17(16)20(26)27)32-12-14-6-4-3-5-7-14/h3-10,13H,11-12H2,1-2H3,(H,28,29). The molecular formula is C22H20F3NO7S. The molecule has 0 aliphatic carbocycles. The van der Waals surface area contributed by atoms with Crippen molar-refractivity contribution >= 4 is 26.9 Å². The molecule has 0 unspecified atom stereocenters. The maximum atomic E-state index is 13.1. The Labute approximate surface area is 192 Å². The maximum Gasteiger partial charge on any atom is 0.534 e. The number of hydrogen-bond donors (Lipinski definition) is 1. The molecule has 0 fully saturated rings. The van der Waals surface area contributed by atoms with Gasteiger partial charge in [-0.2, -0.15) is 21.6 Å². The van der Waals surface area contributed by atoms with Crippen LogP contribution in [0, 0.1) is 5.92 Å². The van der Waals surface area contributed by atoms with E-state index in [-0.39, 0.29) is 30.2 Å². The molecule has 0 saturated carbocycles. The first-order chi connectivity index (χ1) is 15.8. The molecule has 0 bridgehead atoms. The van der Waals surface area contributed by atoms with Crippen LogP contribution >= 0.6 is 0 Å². The topological polar surface area (TPSA) is 112 Å². The second-order valence-electron chi connectivity index (χ2n) is 7.76. The van der Waals surface area contributed by atoms with E-state index < -0.39 is 44.0 Å². The lowest BCUT2D eigenvalue weighted by Crippen LogP contribution is -2.32. The molecule has 8 nitrogen and oxygen atoms in total. The molecule has 0 amide bonds. The Kier molecular flexibility index (Phi) is 6.92. The average Bonchev–Trinajstić information content (AvgIpc) is 2.74. The third kappa shape index (κ3) is 5.16. The third-order valence-corrected chi connectivity index (χ3v) is 5.62. The van der Waals surface area contributed by atoms with Crippen LogP contribution in [-0.4, -0.2) is 29.6 Å². The first-order valence-corrected chi connectivity index (χ1v) is 11.3. The van der Waals surface area contributed by atoms with Crippen LogP contribution < -0.4 is 14.5 Å². The van der Waals surface area contributed by atoms with Crippen LogP contribution in [0.5, 0.6) is 11.5 Å². The Morgan fingerprint density at radius 1 is 1.09 bits per heavy atom. The number of pyridine rings is 1. The van der Waals surface area contributed by atoms with Crippen LogP contribution in [0.4, 0.5) is 13.2 Å². The number of halogens is 3. The Morgan fingerprint density at radius 2 is 1.74 bits per heavy atom. The number of aromatic carboxylic acids is 1. The van der Waals surface area contributed by atoms with Gasteiger partial charge in [-0.3, -0.25) is 9.36 Å². The molecule has 1 heterocycles. The monoisotopic (exact) mass is 499 g/mol. The number of ether oxygens (including phenoxy) is 1. The summed E-state index contributed by atoms with van der Waals surface area (Å²) in [5.74, 6) is -3.07. The molecule has 0 radical (unpaired) electrons. The minimum absolute atomic E-state index is 0.117. The minimum Gasteiger partial charge on any atom is -0.489 e. The van der Waals surface area contributed by atoms with Crippen LogP contribution in [0.25, 0.3) is 10.8 Å². The number of nitrogens with zero attached hydrogens (tertiary/aromatic N) is 1. The second kappa shape index (κ2) is 9.37. The number of carbonyl (C=O) groups is 1. The van der Waals surface area contributed by atoms with Gasteiger partial charge in [0.05, 0.1) is 5.39 Å². The molecular weight excluding hydrogens is 479 g/mol. The van der Waals surface area contributed by atoms with Crippen molar-refractivity contribution in [2.75, 3.05) is 0 Å². The van der Waals surface area contributed by atoms with Gasteiger partial charge < -0.3 is 14.0 Å². The number of carboxylic acids is 1. The van der Waals surface area contributed by atoms with E-state index in [0.29, 0.717) is 4.57 Å². The highest BCUT2D eigenvalue weighted by molar-refractivity contribution is 7.88. The van der Waals surface area contributed by atoms with E-state index in [1.165, 1.54) is 12.1 Å². The molecule has 0 spiro atoms. The van der Waals surface area contributed by atoms with Gasteiger partial charge in [-0.05, 0) is 29.7 Å². The fourth-order valence-electron chi connectivity index (χ4n) is 3.22. The Balaban J connectivity index is 2.24. The average molecular weight is 499 g/mol. The van der Waals surface area contributed by atoms with E-state index in [2.05, 4.69) is 4.18 Å². The minimum atomic E-state index is -6.22. The Hall–Kier alpha value is -3.54. The van der Waals surface area contributed by atoms with Gasteiger partial charge in [0, 0.05) is 11.9 Å². The van der Waals surface area contributed by atoms with Crippen LogP contribution in [0.3, 0.4) is 0 Å². The smallest absolute Gasteiger partial charge is 0.489 e. The van der Waals surface area contributed by atoms with Gasteiger partial charge in [0.25, 0.3) is 5.56 Å². The maximum absolute atomic E-state index is 13.1. The largest absolute Gasteiger partial charge is 0.534 e. The summed E-state index contributed by atoms with van der Waals surface area (Å²) in [6.07, 6.45) is 0. The summed E-state index contributed by atoms with van der Waals surface area (Å²) in [6.45, 7) is 3.20. The quantitative estimate of drug-likeness (QED) is 0.366. The van der Waals surface area contributed by atoms with Gasteiger partial charge in [0.2, 0.25) is 0 Å². The molecule has 0 aliphatic heterocycles. The number of benzene rings is 2. The predicted octanol–water partition coefficient (Wildman–Crippen LogP) is 4.16. The van der Waals surface area contributed by atoms with Gasteiger partial charge in [0.15, 0.2) is 11.4 Å². The molecule has 0 atom stereocenters. The number of hydrogen-bond acceptors (Lipinski definition) is 6. The lowest BCUT2D eigenvalue weighted by molar-refractivity contribution is -0.0500. The lowest BCUT2D eigenvalue weighted by Gasteiger charge is -2.19. The van der Waals surface area contributed by atoms with E-state index in [0.717, 1.165) is 11.6 Å². The summed E-state index contributed by atoms with van der Waals surface area (Å²) in [5, 5.41) is 8.99. The summed E-state index contributed by atoms with van der Waals surface area (Å²) in [7, 11) is -6.22. The number of fused-ring (bicyclic) bond motifs is 1. The highest BCUT2D eigenvalue weighted by Gasteiger charge is 2.49. The molecule has 3 rings (SSSR count). The summed E-state index contributed by atoms with van der Waals surface area (Å²) in [6, 6.07) is 12.6. The highest BCUT2D eigenvalue weighted by Crippen LogP contribution is 2.35. The normalized spacial score (nSPS) is 12.2. The van der Waals surface area contributed by atoms with E-state index >= 15 is 0 Å². The molecule has 0 saturated heterocycles. The molecule has 2 aromatic carbocycles. The van der Waals surface area contributed by atoms with Gasteiger partial charge in [-0.15, -0.1) is 0 Å². The lowest BCUT2D eigenvalue weighted by atomic mass is 10.1. The van der Waals surface area contributed by atoms with Crippen molar-refractivity contribution in [3.63, 3.8) is 0 Å². The molecule has 0 aliphatic rings. The molecule has 34 heavy (non-hydrogen) atoms. The summed E-state index contributed by atoms with van der Waals surface area (Å²) < 4.78 is 73.1. The van der Waals surface area contributed by atoms with Crippen molar-refractivity contribution in [2.24, 2.45) is 5.92 Å².